The third-order valence-electron chi connectivity index (χ3n) is 7.24. The number of amides is 1. The lowest BCUT2D eigenvalue weighted by molar-refractivity contribution is -0.141. The van der Waals surface area contributed by atoms with Crippen molar-refractivity contribution in [3.05, 3.63) is 36.0 Å². The van der Waals surface area contributed by atoms with Crippen molar-refractivity contribution in [3.8, 4) is 0 Å². The second-order valence-electron chi connectivity index (χ2n) is 10.4. The van der Waals surface area contributed by atoms with Crippen molar-refractivity contribution >= 4 is 22.8 Å². The molecule has 1 aromatic carbocycles. The fourth-order valence-electron chi connectivity index (χ4n) is 5.00. The molecular weight excluding hydrogens is 448 g/mol. The molecular formula is C31H50N2O3. The highest BCUT2D eigenvalue weighted by Crippen LogP contribution is 2.19. The van der Waals surface area contributed by atoms with E-state index in [1.165, 1.54) is 89.9 Å². The predicted octanol–water partition coefficient (Wildman–Crippen LogP) is 8.32. The summed E-state index contributed by atoms with van der Waals surface area (Å²) in [4.78, 5) is 27.2. The van der Waals surface area contributed by atoms with Crippen LogP contribution in [0, 0.1) is 0 Å². The number of para-hydroxylation sites is 1. The lowest BCUT2D eigenvalue weighted by Gasteiger charge is -2.14. The van der Waals surface area contributed by atoms with Gasteiger partial charge < -0.3 is 15.4 Å². The van der Waals surface area contributed by atoms with Crippen molar-refractivity contribution in [1.82, 2.24) is 10.3 Å². The Morgan fingerprint density at radius 2 is 1.28 bits per heavy atom. The van der Waals surface area contributed by atoms with Crippen LogP contribution in [0.1, 0.15) is 128 Å². The molecule has 0 aliphatic heterocycles. The Morgan fingerprint density at radius 1 is 0.778 bits per heavy atom. The summed E-state index contributed by atoms with van der Waals surface area (Å²) in [5.41, 5.74) is 1.89. The van der Waals surface area contributed by atoms with Crippen molar-refractivity contribution in [2.75, 3.05) is 0 Å². The molecule has 0 saturated heterocycles. The molecule has 1 amide bonds. The Balaban J connectivity index is 1.44. The van der Waals surface area contributed by atoms with Crippen molar-refractivity contribution in [3.63, 3.8) is 0 Å². The van der Waals surface area contributed by atoms with Gasteiger partial charge in [-0.25, -0.2) is 4.79 Å². The lowest BCUT2D eigenvalue weighted by atomic mass is 10.0. The van der Waals surface area contributed by atoms with Crippen LogP contribution in [0.15, 0.2) is 30.5 Å². The molecule has 3 N–H and O–H groups in total. The van der Waals surface area contributed by atoms with Gasteiger partial charge in [-0.3, -0.25) is 4.79 Å². The van der Waals surface area contributed by atoms with Gasteiger partial charge in [0.15, 0.2) is 0 Å². The number of fused-ring (bicyclic) bond motifs is 1. The normalized spacial score (nSPS) is 12.1. The number of hydrogen-bond acceptors (Lipinski definition) is 2. The van der Waals surface area contributed by atoms with Crippen molar-refractivity contribution in [2.45, 2.75) is 135 Å². The maximum atomic E-state index is 12.3. The number of carboxylic acid groups (broad SMARTS) is 1. The van der Waals surface area contributed by atoms with Gasteiger partial charge in [0.25, 0.3) is 0 Å². The minimum absolute atomic E-state index is 0.164. The molecule has 2 aromatic rings. The van der Waals surface area contributed by atoms with Crippen LogP contribution in [0.5, 0.6) is 0 Å². The van der Waals surface area contributed by atoms with Crippen LogP contribution < -0.4 is 5.32 Å². The average molecular weight is 499 g/mol. The molecule has 1 atom stereocenters. The quantitative estimate of drug-likeness (QED) is 0.143. The number of carbonyl (C=O) groups excluding carboxylic acids is 1. The second kappa shape index (κ2) is 18.9. The maximum absolute atomic E-state index is 12.3. The SMILES string of the molecule is CCCCCCCCCCCCCCCCCCCC(=O)N[C@@H](Cc1c[nH]c2ccccc12)C(=O)O. The summed E-state index contributed by atoms with van der Waals surface area (Å²) in [5, 5.41) is 13.3. The number of H-pyrrole nitrogens is 1. The number of unbranched alkanes of at least 4 members (excludes halogenated alkanes) is 16. The van der Waals surface area contributed by atoms with E-state index in [1.807, 2.05) is 30.5 Å². The third kappa shape index (κ3) is 12.6. The van der Waals surface area contributed by atoms with Crippen LogP contribution in [-0.2, 0) is 16.0 Å². The Kier molecular flexibility index (Phi) is 15.7. The van der Waals surface area contributed by atoms with Gasteiger partial charge in [-0.05, 0) is 18.1 Å². The molecule has 0 aliphatic rings. The number of aliphatic carboxylic acids is 1. The van der Waals surface area contributed by atoms with E-state index >= 15 is 0 Å². The van der Waals surface area contributed by atoms with E-state index in [0.29, 0.717) is 6.42 Å². The molecule has 0 saturated carbocycles. The maximum Gasteiger partial charge on any atom is 0.326 e. The van der Waals surface area contributed by atoms with E-state index in [-0.39, 0.29) is 12.3 Å². The number of nitrogens with one attached hydrogen (secondary N) is 2. The van der Waals surface area contributed by atoms with Crippen LogP contribution in [0.3, 0.4) is 0 Å². The first-order valence-corrected chi connectivity index (χ1v) is 14.7. The van der Waals surface area contributed by atoms with Crippen LogP contribution >= 0.6 is 0 Å². The zero-order valence-electron chi connectivity index (χ0n) is 22.7. The van der Waals surface area contributed by atoms with E-state index in [9.17, 15) is 14.7 Å². The van der Waals surface area contributed by atoms with E-state index < -0.39 is 12.0 Å². The Hall–Kier alpha value is -2.30. The monoisotopic (exact) mass is 498 g/mol. The van der Waals surface area contributed by atoms with Gasteiger partial charge in [0.1, 0.15) is 6.04 Å². The molecule has 5 nitrogen and oxygen atoms in total. The van der Waals surface area contributed by atoms with E-state index in [2.05, 4.69) is 17.2 Å². The van der Waals surface area contributed by atoms with Gasteiger partial charge in [-0.15, -0.1) is 0 Å². The van der Waals surface area contributed by atoms with Crippen molar-refractivity contribution < 1.29 is 14.7 Å². The van der Waals surface area contributed by atoms with Crippen LogP contribution in [-0.4, -0.2) is 28.0 Å². The number of rotatable bonds is 22. The molecule has 0 bridgehead atoms. The molecule has 36 heavy (non-hydrogen) atoms. The minimum Gasteiger partial charge on any atom is -0.480 e. The molecule has 5 heteroatoms. The summed E-state index contributed by atoms with van der Waals surface area (Å²) in [5.74, 6) is -1.15. The standard InChI is InChI=1S/C31H50N2O3/c1-2-3-4-5-6-7-8-9-10-11-12-13-14-15-16-17-18-23-30(34)33-29(31(35)36)24-26-25-32-28-22-20-19-21-27(26)28/h19-22,25,29,32H,2-18,23-24H2,1H3,(H,33,34)(H,35,36)/t29-/m0/s1. The van der Waals surface area contributed by atoms with E-state index in [4.69, 9.17) is 0 Å². The van der Waals surface area contributed by atoms with Crippen molar-refractivity contribution in [1.29, 1.82) is 0 Å². The summed E-state index contributed by atoms with van der Waals surface area (Å²) in [6, 6.07) is 6.91. The van der Waals surface area contributed by atoms with Crippen LogP contribution in [0.25, 0.3) is 10.9 Å². The molecule has 0 unspecified atom stereocenters. The Labute approximate surface area is 218 Å². The first-order chi connectivity index (χ1) is 17.6. The molecule has 2 rings (SSSR count). The fourth-order valence-corrected chi connectivity index (χ4v) is 5.00. The molecule has 0 aliphatic carbocycles. The van der Waals surface area contributed by atoms with Gasteiger partial charge in [-0.2, -0.15) is 0 Å². The van der Waals surface area contributed by atoms with Gasteiger partial charge in [0.2, 0.25) is 5.91 Å². The zero-order valence-corrected chi connectivity index (χ0v) is 22.7. The van der Waals surface area contributed by atoms with Gasteiger partial charge in [0.05, 0.1) is 0 Å². The van der Waals surface area contributed by atoms with Crippen molar-refractivity contribution in [2.24, 2.45) is 0 Å². The number of aromatic nitrogens is 1. The molecule has 1 aromatic heterocycles. The minimum atomic E-state index is -0.990. The Bertz CT molecular complexity index is 860. The summed E-state index contributed by atoms with van der Waals surface area (Å²) in [6.07, 6.45) is 24.7. The number of hydrogen-bond donors (Lipinski definition) is 3. The predicted molar refractivity (Wildman–Crippen MR) is 150 cm³/mol. The molecule has 0 fully saturated rings. The average Bonchev–Trinajstić information content (AvgIpc) is 3.28. The number of carbonyl (C=O) groups is 2. The number of carboxylic acids is 1. The molecule has 1 heterocycles. The largest absolute Gasteiger partial charge is 0.480 e. The number of benzene rings is 1. The van der Waals surface area contributed by atoms with Gasteiger partial charge in [-0.1, -0.05) is 128 Å². The summed E-state index contributed by atoms with van der Waals surface area (Å²) < 4.78 is 0. The second-order valence-corrected chi connectivity index (χ2v) is 10.4. The third-order valence-corrected chi connectivity index (χ3v) is 7.24. The highest BCUT2D eigenvalue weighted by Gasteiger charge is 2.21. The van der Waals surface area contributed by atoms with E-state index in [1.54, 1.807) is 0 Å². The smallest absolute Gasteiger partial charge is 0.326 e. The highest BCUT2D eigenvalue weighted by molar-refractivity contribution is 5.86. The van der Waals surface area contributed by atoms with E-state index in [0.717, 1.165) is 35.7 Å². The lowest BCUT2D eigenvalue weighted by Crippen LogP contribution is -2.42. The van der Waals surface area contributed by atoms with Crippen LogP contribution in [0.4, 0.5) is 0 Å². The highest BCUT2D eigenvalue weighted by atomic mass is 16.4. The van der Waals surface area contributed by atoms with Crippen LogP contribution in [0.2, 0.25) is 0 Å². The first-order valence-electron chi connectivity index (χ1n) is 14.7. The fraction of sp³-hybridized carbons (Fsp3) is 0.677. The Morgan fingerprint density at radius 3 is 1.81 bits per heavy atom. The summed E-state index contributed by atoms with van der Waals surface area (Å²) in [6.45, 7) is 2.27. The zero-order chi connectivity index (χ0) is 25.8. The topological polar surface area (TPSA) is 82.2 Å². The first kappa shape index (κ1) is 29.9. The molecule has 0 spiro atoms. The summed E-state index contributed by atoms with van der Waals surface area (Å²) >= 11 is 0. The molecule has 0 radical (unpaired) electrons. The summed E-state index contributed by atoms with van der Waals surface area (Å²) in [7, 11) is 0. The molecule has 202 valence electrons. The number of aromatic amines is 1. The van der Waals surface area contributed by atoms with Gasteiger partial charge in [0, 0.05) is 29.9 Å². The van der Waals surface area contributed by atoms with Gasteiger partial charge >= 0.3 is 5.97 Å².